The van der Waals surface area contributed by atoms with Crippen molar-refractivity contribution in [3.05, 3.63) is 82.0 Å². The maximum Gasteiger partial charge on any atom is 0.291 e. The number of pyridine rings is 1. The number of rotatable bonds is 8. The molecule has 4 heterocycles. The molecule has 0 aliphatic carbocycles. The van der Waals surface area contributed by atoms with E-state index in [-0.39, 0.29) is 27.8 Å². The number of carbonyl (C=O) groups excluding carboxylic acids is 2. The van der Waals surface area contributed by atoms with Crippen LogP contribution in [0.3, 0.4) is 0 Å². The third kappa shape index (κ3) is 5.10. The number of alkyl halides is 2. The minimum atomic E-state index is -2.86. The van der Waals surface area contributed by atoms with E-state index in [1.165, 1.54) is 12.1 Å². The highest BCUT2D eigenvalue weighted by molar-refractivity contribution is 7.21. The number of aromatic nitrogens is 3. The largest absolute Gasteiger partial charge is 0.485 e. The van der Waals surface area contributed by atoms with E-state index in [0.717, 1.165) is 16.9 Å². The Kier molecular flexibility index (Phi) is 6.87. The molecule has 0 bridgehead atoms. The summed E-state index contributed by atoms with van der Waals surface area (Å²) < 4.78 is 40.5. The summed E-state index contributed by atoms with van der Waals surface area (Å²) in [5.41, 5.74) is 7.61. The highest BCUT2D eigenvalue weighted by atomic mass is 32.1. The lowest BCUT2D eigenvalue weighted by atomic mass is 10.0. The van der Waals surface area contributed by atoms with Crippen molar-refractivity contribution in [1.82, 2.24) is 14.8 Å². The summed E-state index contributed by atoms with van der Waals surface area (Å²) in [7, 11) is 1.70. The van der Waals surface area contributed by atoms with Crippen LogP contribution in [0.2, 0.25) is 0 Å². The lowest BCUT2D eigenvalue weighted by Crippen LogP contribution is -2.16. The van der Waals surface area contributed by atoms with Crippen LogP contribution in [0.1, 0.15) is 49.4 Å². The van der Waals surface area contributed by atoms with Crippen molar-refractivity contribution in [3.8, 4) is 16.9 Å². The molecule has 39 heavy (non-hydrogen) atoms. The van der Waals surface area contributed by atoms with Crippen LogP contribution in [0.25, 0.3) is 21.3 Å². The van der Waals surface area contributed by atoms with Gasteiger partial charge in [-0.3, -0.25) is 14.3 Å². The number of halogens is 2. The van der Waals surface area contributed by atoms with Gasteiger partial charge in [0.25, 0.3) is 18.2 Å². The zero-order valence-electron chi connectivity index (χ0n) is 21.1. The molecule has 0 fully saturated rings. The molecule has 0 atom stereocenters. The Labute approximate surface area is 225 Å². The fourth-order valence-corrected chi connectivity index (χ4v) is 5.23. The standard InChI is InChI=1S/C27H23F2N5O4S/c1-13-6-4-5-7-19(13)37-12-15-8-9-20(38-15)26(36)32-22-21-16(17-11-34(3)33-14(17)2)10-18(24(28)29)31-27(21)39-23(22)25(30)35/h4-11,24H,12H2,1-3H3,(H2,30,35)(H,32,36). The summed E-state index contributed by atoms with van der Waals surface area (Å²) in [4.78, 5) is 29.7. The van der Waals surface area contributed by atoms with Gasteiger partial charge in [-0.25, -0.2) is 13.8 Å². The molecule has 12 heteroatoms. The average Bonchev–Trinajstić information content (AvgIpc) is 3.60. The van der Waals surface area contributed by atoms with Gasteiger partial charge < -0.3 is 20.2 Å². The van der Waals surface area contributed by atoms with Crippen molar-refractivity contribution >= 4 is 39.1 Å². The quantitative estimate of drug-likeness (QED) is 0.252. The molecular weight excluding hydrogens is 528 g/mol. The van der Waals surface area contributed by atoms with Crippen LogP contribution in [-0.4, -0.2) is 26.6 Å². The summed E-state index contributed by atoms with van der Waals surface area (Å²) in [6, 6.07) is 11.8. The molecule has 0 saturated heterocycles. The number of fused-ring (bicyclic) bond motifs is 1. The van der Waals surface area contributed by atoms with Gasteiger partial charge in [0.15, 0.2) is 5.76 Å². The first kappa shape index (κ1) is 26.0. The van der Waals surface area contributed by atoms with Gasteiger partial charge in [0.1, 0.15) is 33.5 Å². The van der Waals surface area contributed by atoms with Crippen LogP contribution in [-0.2, 0) is 13.7 Å². The number of nitrogens with one attached hydrogen (secondary N) is 1. The van der Waals surface area contributed by atoms with Crippen molar-refractivity contribution in [2.45, 2.75) is 26.9 Å². The van der Waals surface area contributed by atoms with Crippen molar-refractivity contribution in [1.29, 1.82) is 0 Å². The predicted octanol–water partition coefficient (Wildman–Crippen LogP) is 5.77. The normalized spacial score (nSPS) is 11.3. The first-order chi connectivity index (χ1) is 18.6. The molecule has 2 amide bonds. The van der Waals surface area contributed by atoms with E-state index in [1.54, 1.807) is 30.9 Å². The number of primary amides is 1. The summed E-state index contributed by atoms with van der Waals surface area (Å²) in [5.74, 6) is -0.448. The Morgan fingerprint density at radius 3 is 2.62 bits per heavy atom. The number of hydrogen-bond donors (Lipinski definition) is 2. The van der Waals surface area contributed by atoms with Crippen LogP contribution in [0, 0.1) is 13.8 Å². The molecular formula is C27H23F2N5O4S. The number of nitrogens with zero attached hydrogens (tertiary/aromatic N) is 3. The number of amides is 2. The zero-order chi connectivity index (χ0) is 27.8. The SMILES string of the molecule is Cc1ccccc1OCc1ccc(C(=O)Nc2c(C(N)=O)sc3nc(C(F)F)cc(-c4cn(C)nc4C)c23)o1. The molecule has 0 aliphatic heterocycles. The summed E-state index contributed by atoms with van der Waals surface area (Å²) in [6.45, 7) is 3.74. The second kappa shape index (κ2) is 10.3. The molecule has 5 aromatic rings. The first-order valence-electron chi connectivity index (χ1n) is 11.8. The average molecular weight is 552 g/mol. The van der Waals surface area contributed by atoms with E-state index in [0.29, 0.717) is 33.7 Å². The maximum atomic E-state index is 13.7. The Hall–Kier alpha value is -4.58. The second-order valence-corrected chi connectivity index (χ2v) is 9.82. The van der Waals surface area contributed by atoms with E-state index in [1.807, 2.05) is 31.2 Å². The number of ether oxygens (including phenoxy) is 1. The number of para-hydroxylation sites is 1. The van der Waals surface area contributed by atoms with Gasteiger partial charge in [0, 0.05) is 24.2 Å². The van der Waals surface area contributed by atoms with E-state index in [4.69, 9.17) is 14.9 Å². The lowest BCUT2D eigenvalue weighted by molar-refractivity contribution is 0.0992. The Morgan fingerprint density at radius 1 is 1.18 bits per heavy atom. The second-order valence-electron chi connectivity index (χ2n) is 8.82. The van der Waals surface area contributed by atoms with Crippen LogP contribution >= 0.6 is 11.3 Å². The van der Waals surface area contributed by atoms with Gasteiger partial charge in [0.05, 0.1) is 11.4 Å². The summed E-state index contributed by atoms with van der Waals surface area (Å²) in [5, 5.41) is 7.30. The topological polar surface area (TPSA) is 125 Å². The minimum Gasteiger partial charge on any atom is -0.485 e. The number of aryl methyl sites for hydroxylation is 3. The smallest absolute Gasteiger partial charge is 0.291 e. The fraction of sp³-hybridized carbons (Fsp3) is 0.185. The molecule has 0 aliphatic rings. The van der Waals surface area contributed by atoms with Crippen molar-refractivity contribution in [2.24, 2.45) is 12.8 Å². The van der Waals surface area contributed by atoms with Gasteiger partial charge in [0.2, 0.25) is 0 Å². The fourth-order valence-electron chi connectivity index (χ4n) is 4.22. The minimum absolute atomic E-state index is 0.0327. The van der Waals surface area contributed by atoms with E-state index in [9.17, 15) is 18.4 Å². The molecule has 4 aromatic heterocycles. The molecule has 0 radical (unpaired) electrons. The number of thiophene rings is 1. The number of furan rings is 1. The molecule has 5 rings (SSSR count). The molecule has 9 nitrogen and oxygen atoms in total. The van der Waals surface area contributed by atoms with Crippen LogP contribution in [0.4, 0.5) is 14.5 Å². The molecule has 0 saturated carbocycles. The molecule has 200 valence electrons. The monoisotopic (exact) mass is 551 g/mol. The maximum absolute atomic E-state index is 13.7. The van der Waals surface area contributed by atoms with Gasteiger partial charge in [-0.2, -0.15) is 5.10 Å². The first-order valence-corrected chi connectivity index (χ1v) is 12.6. The Balaban J connectivity index is 1.52. The van der Waals surface area contributed by atoms with Crippen LogP contribution in [0.15, 0.2) is 53.1 Å². The van der Waals surface area contributed by atoms with Gasteiger partial charge in [-0.1, -0.05) is 18.2 Å². The van der Waals surface area contributed by atoms with Gasteiger partial charge >= 0.3 is 0 Å². The zero-order valence-corrected chi connectivity index (χ0v) is 21.9. The highest BCUT2D eigenvalue weighted by Gasteiger charge is 2.27. The van der Waals surface area contributed by atoms with Crippen molar-refractivity contribution in [3.63, 3.8) is 0 Å². The Morgan fingerprint density at radius 2 is 1.95 bits per heavy atom. The number of anilines is 1. The van der Waals surface area contributed by atoms with E-state index >= 15 is 0 Å². The summed E-state index contributed by atoms with van der Waals surface area (Å²) >= 11 is 0.823. The molecule has 1 aromatic carbocycles. The van der Waals surface area contributed by atoms with Crippen LogP contribution in [0.5, 0.6) is 5.75 Å². The third-order valence-electron chi connectivity index (χ3n) is 6.02. The van der Waals surface area contributed by atoms with Crippen LogP contribution < -0.4 is 15.8 Å². The van der Waals surface area contributed by atoms with Gasteiger partial charge in [-0.05, 0) is 49.2 Å². The van der Waals surface area contributed by atoms with E-state index in [2.05, 4.69) is 15.4 Å². The van der Waals surface area contributed by atoms with Crippen molar-refractivity contribution in [2.75, 3.05) is 5.32 Å². The lowest BCUT2D eigenvalue weighted by Gasteiger charge is -2.10. The predicted molar refractivity (Wildman–Crippen MR) is 142 cm³/mol. The summed E-state index contributed by atoms with van der Waals surface area (Å²) in [6.07, 6.45) is -1.19. The Bertz CT molecular complexity index is 1720. The van der Waals surface area contributed by atoms with E-state index < -0.39 is 23.9 Å². The number of nitrogens with two attached hydrogens (primary N) is 1. The highest BCUT2D eigenvalue weighted by Crippen LogP contribution is 2.43. The third-order valence-corrected chi connectivity index (χ3v) is 7.12. The van der Waals surface area contributed by atoms with Gasteiger partial charge in [-0.15, -0.1) is 11.3 Å². The molecule has 0 spiro atoms. The molecule has 3 N–H and O–H groups in total. The molecule has 0 unspecified atom stereocenters. The number of carbonyl (C=O) groups is 2. The van der Waals surface area contributed by atoms with Crippen molar-refractivity contribution < 1.29 is 27.5 Å². The number of benzene rings is 1. The number of hydrogen-bond acceptors (Lipinski definition) is 7.